The lowest BCUT2D eigenvalue weighted by Crippen LogP contribution is -2.28. The molecule has 0 fully saturated rings. The predicted molar refractivity (Wildman–Crippen MR) is 164 cm³/mol. The van der Waals surface area contributed by atoms with Gasteiger partial charge in [-0.05, 0) is 27.7 Å². The molecule has 0 spiro atoms. The second-order valence-electron chi connectivity index (χ2n) is 10.1. The fourth-order valence-corrected chi connectivity index (χ4v) is 9.99. The van der Waals surface area contributed by atoms with Gasteiger partial charge in [0.25, 0.3) is 0 Å². The van der Waals surface area contributed by atoms with Crippen LogP contribution in [0.15, 0.2) is 121 Å². The lowest BCUT2D eigenvalue weighted by molar-refractivity contribution is 0.591. The van der Waals surface area contributed by atoms with E-state index in [0.29, 0.717) is 0 Å². The Morgan fingerprint density at radius 2 is 0.421 bits per heavy atom. The third kappa shape index (κ3) is 4.76. The van der Waals surface area contributed by atoms with Gasteiger partial charge in [0.05, 0.1) is 0 Å². The summed E-state index contributed by atoms with van der Waals surface area (Å²) in [5.41, 5.74) is 4.49. The minimum absolute atomic E-state index is 0.730. The van der Waals surface area contributed by atoms with Crippen molar-refractivity contribution in [1.82, 2.24) is 0 Å². The molecule has 5 aromatic carbocycles. The number of benzene rings is 5. The summed E-state index contributed by atoms with van der Waals surface area (Å²) in [6.45, 7) is 8.12. The van der Waals surface area contributed by atoms with E-state index < -0.39 is 14.3 Å². The molecule has 190 valence electrons. The molecule has 0 aliphatic heterocycles. The van der Waals surface area contributed by atoms with Crippen molar-refractivity contribution in [3.8, 4) is 0 Å². The van der Waals surface area contributed by atoms with Crippen LogP contribution < -0.4 is 31.8 Å². The lowest BCUT2D eigenvalue weighted by atomic mass is 10.2. The fraction of sp³-hybridized carbons (Fsp3) is 0.118. The van der Waals surface area contributed by atoms with Crippen molar-refractivity contribution in [1.29, 1.82) is 0 Å². The van der Waals surface area contributed by atoms with Crippen LogP contribution in [0.5, 0.6) is 0 Å². The van der Waals surface area contributed by atoms with Crippen LogP contribution in [-0.2, 0) is 9.13 Å². The van der Waals surface area contributed by atoms with Crippen LogP contribution in [0.4, 0.5) is 0 Å². The maximum atomic E-state index is 14.9. The van der Waals surface area contributed by atoms with E-state index in [1.54, 1.807) is 0 Å². The lowest BCUT2D eigenvalue weighted by Gasteiger charge is -2.23. The molecular formula is C34H32O2P2. The Morgan fingerprint density at radius 1 is 0.289 bits per heavy atom. The van der Waals surface area contributed by atoms with Gasteiger partial charge in [0.2, 0.25) is 0 Å². The van der Waals surface area contributed by atoms with Crippen molar-refractivity contribution in [2.24, 2.45) is 0 Å². The first-order valence-corrected chi connectivity index (χ1v) is 16.2. The van der Waals surface area contributed by atoms with Gasteiger partial charge in [-0.25, -0.2) is 0 Å². The zero-order valence-electron chi connectivity index (χ0n) is 22.3. The number of rotatable bonds is 6. The van der Waals surface area contributed by atoms with Crippen molar-refractivity contribution in [3.05, 3.63) is 144 Å². The molecule has 0 saturated heterocycles. The normalized spacial score (nSPS) is 11.9. The van der Waals surface area contributed by atoms with E-state index in [4.69, 9.17) is 0 Å². The third-order valence-electron chi connectivity index (χ3n) is 7.17. The Morgan fingerprint density at radius 3 is 0.579 bits per heavy atom. The van der Waals surface area contributed by atoms with Crippen LogP contribution >= 0.6 is 14.3 Å². The van der Waals surface area contributed by atoms with Crippen molar-refractivity contribution < 1.29 is 9.13 Å². The quantitative estimate of drug-likeness (QED) is 0.243. The highest BCUT2D eigenvalue weighted by Crippen LogP contribution is 2.45. The summed E-state index contributed by atoms with van der Waals surface area (Å²) in [4.78, 5) is 0. The molecular weight excluding hydrogens is 502 g/mol. The van der Waals surface area contributed by atoms with E-state index in [9.17, 15) is 9.13 Å². The SMILES string of the molecule is Cc1ccc(P(=O)(c2ccc(C)cc2)c2ccc(P(=O)(c3ccc(C)cc3)c3ccc(C)cc3)cc2)cc1. The zero-order chi connectivity index (χ0) is 26.9. The highest BCUT2D eigenvalue weighted by Gasteiger charge is 2.33. The van der Waals surface area contributed by atoms with Crippen LogP contribution in [0.2, 0.25) is 0 Å². The molecule has 0 N–H and O–H groups in total. The molecule has 0 atom stereocenters. The zero-order valence-corrected chi connectivity index (χ0v) is 24.0. The van der Waals surface area contributed by atoms with Crippen molar-refractivity contribution in [2.45, 2.75) is 27.7 Å². The molecule has 2 nitrogen and oxygen atoms in total. The smallest absolute Gasteiger partial charge is 0.171 e. The van der Waals surface area contributed by atoms with E-state index in [2.05, 4.69) is 0 Å². The molecule has 0 aromatic heterocycles. The molecule has 0 aliphatic rings. The molecule has 5 aromatic rings. The molecule has 4 heteroatoms. The Hall–Kier alpha value is -3.44. The second kappa shape index (κ2) is 10.4. The maximum absolute atomic E-state index is 14.9. The van der Waals surface area contributed by atoms with Crippen molar-refractivity contribution in [2.75, 3.05) is 0 Å². The average molecular weight is 535 g/mol. The van der Waals surface area contributed by atoms with Gasteiger partial charge in [-0.15, -0.1) is 0 Å². The van der Waals surface area contributed by atoms with Gasteiger partial charge in [0, 0.05) is 31.8 Å². The first-order valence-electron chi connectivity index (χ1n) is 12.8. The largest absolute Gasteiger partial charge is 0.309 e. The Kier molecular flexibility index (Phi) is 7.15. The third-order valence-corrected chi connectivity index (χ3v) is 13.3. The van der Waals surface area contributed by atoms with Gasteiger partial charge in [-0.3, -0.25) is 0 Å². The van der Waals surface area contributed by atoms with Crippen molar-refractivity contribution >= 4 is 46.1 Å². The van der Waals surface area contributed by atoms with Crippen LogP contribution in [0.25, 0.3) is 0 Å². The molecule has 0 amide bonds. The first-order chi connectivity index (χ1) is 18.2. The molecule has 0 radical (unpaired) electrons. The standard InChI is InChI=1S/C34H32O2P2/c1-25-5-13-29(14-6-25)37(35,30-15-7-26(2)8-16-30)33-21-23-34(24-22-33)38(36,31-17-9-27(3)10-18-31)32-19-11-28(4)12-20-32/h5-24H,1-4H3. The molecule has 0 aliphatic carbocycles. The van der Waals surface area contributed by atoms with Gasteiger partial charge in [-0.1, -0.05) is 144 Å². The van der Waals surface area contributed by atoms with Crippen LogP contribution in [0, 0.1) is 27.7 Å². The number of aryl methyl sites for hydroxylation is 4. The molecule has 0 unspecified atom stereocenters. The monoisotopic (exact) mass is 534 g/mol. The Labute approximate surface area is 226 Å². The van der Waals surface area contributed by atoms with Crippen LogP contribution in [0.1, 0.15) is 22.3 Å². The highest BCUT2D eigenvalue weighted by molar-refractivity contribution is 7.86. The fourth-order valence-electron chi connectivity index (χ4n) is 4.79. The molecule has 0 heterocycles. The molecule has 5 rings (SSSR count). The second-order valence-corrected chi connectivity index (χ2v) is 15.6. The summed E-state index contributed by atoms with van der Waals surface area (Å²) in [6, 6.07) is 39.4. The number of hydrogen-bond donors (Lipinski definition) is 0. The molecule has 0 saturated carbocycles. The first kappa shape index (κ1) is 26.2. The van der Waals surface area contributed by atoms with E-state index in [1.165, 1.54) is 0 Å². The highest BCUT2D eigenvalue weighted by atomic mass is 31.2. The van der Waals surface area contributed by atoms with E-state index in [1.807, 2.05) is 149 Å². The van der Waals surface area contributed by atoms with Gasteiger partial charge >= 0.3 is 0 Å². The summed E-state index contributed by atoms with van der Waals surface area (Å²) in [6.07, 6.45) is 0. The molecule has 38 heavy (non-hydrogen) atoms. The Bertz CT molecular complexity index is 1420. The summed E-state index contributed by atoms with van der Waals surface area (Å²) >= 11 is 0. The van der Waals surface area contributed by atoms with Crippen LogP contribution in [0.3, 0.4) is 0 Å². The van der Waals surface area contributed by atoms with Crippen molar-refractivity contribution in [3.63, 3.8) is 0 Å². The summed E-state index contributed by atoms with van der Waals surface area (Å²) < 4.78 is 29.9. The predicted octanol–water partition coefficient (Wildman–Crippen LogP) is 6.20. The topological polar surface area (TPSA) is 34.1 Å². The minimum Gasteiger partial charge on any atom is -0.309 e. The van der Waals surface area contributed by atoms with E-state index in [-0.39, 0.29) is 0 Å². The summed E-state index contributed by atoms with van der Waals surface area (Å²) in [5, 5.41) is 4.63. The molecule has 0 bridgehead atoms. The van der Waals surface area contributed by atoms with Gasteiger partial charge in [0.1, 0.15) is 0 Å². The Balaban J connectivity index is 1.67. The summed E-state index contributed by atoms with van der Waals surface area (Å²) in [5.74, 6) is 0. The maximum Gasteiger partial charge on any atom is 0.171 e. The average Bonchev–Trinajstić information content (AvgIpc) is 2.94. The van der Waals surface area contributed by atoms with Gasteiger partial charge in [-0.2, -0.15) is 0 Å². The van der Waals surface area contributed by atoms with E-state index >= 15 is 0 Å². The van der Waals surface area contributed by atoms with Crippen LogP contribution in [-0.4, -0.2) is 0 Å². The minimum atomic E-state index is -3.13. The number of hydrogen-bond acceptors (Lipinski definition) is 2. The summed E-state index contributed by atoms with van der Waals surface area (Å²) in [7, 11) is -6.27. The van der Waals surface area contributed by atoms with Gasteiger partial charge in [0.15, 0.2) is 14.3 Å². The van der Waals surface area contributed by atoms with Gasteiger partial charge < -0.3 is 9.13 Å². The van der Waals surface area contributed by atoms with E-state index in [0.717, 1.165) is 54.1 Å².